The third-order valence-electron chi connectivity index (χ3n) is 0.733. The summed E-state index contributed by atoms with van der Waals surface area (Å²) in [7, 11) is 2.83. The van der Waals surface area contributed by atoms with Crippen LogP contribution in [0.4, 0.5) is 0 Å². The number of hydrogen-bond donors (Lipinski definition) is 0. The van der Waals surface area contributed by atoms with Gasteiger partial charge in [-0.2, -0.15) is 0 Å². The minimum atomic E-state index is -0.797. The molecule has 0 heterocycles. The van der Waals surface area contributed by atoms with Gasteiger partial charge in [-0.25, -0.2) is 0 Å². The number of ether oxygens (including phenoxy) is 3. The van der Waals surface area contributed by atoms with Gasteiger partial charge in [-0.1, -0.05) is 0 Å². The van der Waals surface area contributed by atoms with Crippen molar-refractivity contribution in [3.8, 4) is 0 Å². The van der Waals surface area contributed by atoms with Crippen molar-refractivity contribution >= 4 is 22.2 Å². The van der Waals surface area contributed by atoms with Gasteiger partial charge in [0.2, 0.25) is 0 Å². The standard InChI is InChI=1S/C5H9BrO4/c1-8-5(9-2)10-4(6)3-7/h3-5H,1-2H3. The third-order valence-corrected chi connectivity index (χ3v) is 1.16. The Morgan fingerprint density at radius 2 is 1.90 bits per heavy atom. The van der Waals surface area contributed by atoms with Gasteiger partial charge in [0.25, 0.3) is 6.48 Å². The quantitative estimate of drug-likeness (QED) is 0.379. The number of rotatable bonds is 5. The molecule has 0 aliphatic carbocycles. The molecule has 0 bridgehead atoms. The van der Waals surface area contributed by atoms with E-state index in [-0.39, 0.29) is 0 Å². The predicted molar refractivity (Wildman–Crippen MR) is 37.7 cm³/mol. The molecule has 0 aromatic rings. The molecule has 1 atom stereocenters. The van der Waals surface area contributed by atoms with Crippen molar-refractivity contribution in [2.24, 2.45) is 0 Å². The van der Waals surface area contributed by atoms with E-state index in [4.69, 9.17) is 4.74 Å². The minimum absolute atomic E-state index is 0.588. The zero-order chi connectivity index (χ0) is 7.98. The van der Waals surface area contributed by atoms with Crippen LogP contribution in [0.3, 0.4) is 0 Å². The monoisotopic (exact) mass is 212 g/mol. The van der Waals surface area contributed by atoms with Gasteiger partial charge >= 0.3 is 0 Å². The Morgan fingerprint density at radius 1 is 1.40 bits per heavy atom. The van der Waals surface area contributed by atoms with Crippen LogP contribution in [-0.2, 0) is 19.0 Å². The fraction of sp³-hybridized carbons (Fsp3) is 0.800. The fourth-order valence-electron chi connectivity index (χ4n) is 0.346. The van der Waals surface area contributed by atoms with Gasteiger partial charge in [-0.3, -0.25) is 4.79 Å². The maximum atomic E-state index is 9.99. The molecule has 0 spiro atoms. The van der Waals surface area contributed by atoms with Crippen LogP contribution in [0.15, 0.2) is 0 Å². The first-order valence-electron chi connectivity index (χ1n) is 2.55. The van der Waals surface area contributed by atoms with Crippen LogP contribution in [0.25, 0.3) is 0 Å². The summed E-state index contributed by atoms with van der Waals surface area (Å²) in [5.41, 5.74) is 0. The second kappa shape index (κ2) is 5.79. The highest BCUT2D eigenvalue weighted by atomic mass is 79.9. The number of halogens is 1. The molecular formula is C5H9BrO4. The van der Waals surface area contributed by atoms with Crippen molar-refractivity contribution < 1.29 is 19.0 Å². The Labute approximate surface area is 67.6 Å². The summed E-state index contributed by atoms with van der Waals surface area (Å²) in [6, 6.07) is 0. The molecule has 0 amide bonds. The minimum Gasteiger partial charge on any atom is -0.333 e. The maximum absolute atomic E-state index is 9.99. The number of methoxy groups -OCH3 is 2. The van der Waals surface area contributed by atoms with E-state index in [0.717, 1.165) is 0 Å². The summed E-state index contributed by atoms with van der Waals surface area (Å²) < 4.78 is 14.1. The van der Waals surface area contributed by atoms with E-state index in [9.17, 15) is 4.79 Å². The summed E-state index contributed by atoms with van der Waals surface area (Å²) >= 11 is 2.91. The van der Waals surface area contributed by atoms with Gasteiger partial charge in [-0.15, -0.1) is 0 Å². The smallest absolute Gasteiger partial charge is 0.272 e. The number of carbonyl (C=O) groups is 1. The van der Waals surface area contributed by atoms with E-state index < -0.39 is 11.5 Å². The second-order valence-corrected chi connectivity index (χ2v) is 2.29. The molecule has 0 aromatic heterocycles. The van der Waals surface area contributed by atoms with Crippen molar-refractivity contribution in [2.75, 3.05) is 14.2 Å². The van der Waals surface area contributed by atoms with Gasteiger partial charge in [0, 0.05) is 14.2 Å². The van der Waals surface area contributed by atoms with E-state index in [1.165, 1.54) is 14.2 Å². The lowest BCUT2D eigenvalue weighted by atomic mass is 10.8. The summed E-state index contributed by atoms with van der Waals surface area (Å²) in [5, 5.41) is -0.683. The SMILES string of the molecule is COC(OC)OC(Br)C=O. The Bertz CT molecular complexity index is 93.6. The van der Waals surface area contributed by atoms with E-state index >= 15 is 0 Å². The Morgan fingerprint density at radius 3 is 2.20 bits per heavy atom. The molecule has 0 saturated heterocycles. The van der Waals surface area contributed by atoms with Crippen LogP contribution >= 0.6 is 15.9 Å². The van der Waals surface area contributed by atoms with Gasteiger partial charge < -0.3 is 14.2 Å². The lowest BCUT2D eigenvalue weighted by Crippen LogP contribution is -2.22. The molecule has 0 N–H and O–H groups in total. The van der Waals surface area contributed by atoms with Gasteiger partial charge in [0.15, 0.2) is 11.3 Å². The number of alkyl halides is 1. The molecule has 0 aliphatic heterocycles. The zero-order valence-corrected chi connectivity index (χ0v) is 7.33. The lowest BCUT2D eigenvalue weighted by molar-refractivity contribution is -0.265. The molecule has 4 nitrogen and oxygen atoms in total. The largest absolute Gasteiger partial charge is 0.333 e. The molecule has 0 rings (SSSR count). The number of hydrogen-bond acceptors (Lipinski definition) is 4. The molecule has 0 saturated carbocycles. The number of carbonyl (C=O) groups excluding carboxylic acids is 1. The van der Waals surface area contributed by atoms with Crippen molar-refractivity contribution in [1.82, 2.24) is 0 Å². The summed E-state index contributed by atoms with van der Waals surface area (Å²) in [5.74, 6) is 0. The topological polar surface area (TPSA) is 44.8 Å². The average molecular weight is 213 g/mol. The highest BCUT2D eigenvalue weighted by Gasteiger charge is 2.10. The van der Waals surface area contributed by atoms with Gasteiger partial charge in [0.05, 0.1) is 0 Å². The van der Waals surface area contributed by atoms with Crippen LogP contribution in [0.2, 0.25) is 0 Å². The first-order chi connectivity index (χ1) is 4.74. The van der Waals surface area contributed by atoms with Crippen LogP contribution in [0.5, 0.6) is 0 Å². The highest BCUT2D eigenvalue weighted by Crippen LogP contribution is 2.03. The van der Waals surface area contributed by atoms with Gasteiger partial charge in [-0.05, 0) is 15.9 Å². The molecule has 0 radical (unpaired) electrons. The normalized spacial score (nSPS) is 13.6. The third kappa shape index (κ3) is 3.94. The molecular weight excluding hydrogens is 204 g/mol. The molecule has 60 valence electrons. The summed E-state index contributed by atoms with van der Waals surface area (Å²) in [4.78, 5) is 9.99. The van der Waals surface area contributed by atoms with Crippen molar-refractivity contribution in [3.05, 3.63) is 0 Å². The van der Waals surface area contributed by atoms with Crippen molar-refractivity contribution in [3.63, 3.8) is 0 Å². The first-order valence-corrected chi connectivity index (χ1v) is 3.46. The maximum Gasteiger partial charge on any atom is 0.272 e. The van der Waals surface area contributed by atoms with E-state index in [0.29, 0.717) is 6.29 Å². The van der Waals surface area contributed by atoms with Crippen LogP contribution in [0.1, 0.15) is 0 Å². The van der Waals surface area contributed by atoms with Crippen LogP contribution in [0, 0.1) is 0 Å². The Balaban J connectivity index is 3.51. The van der Waals surface area contributed by atoms with Gasteiger partial charge in [0.1, 0.15) is 0 Å². The summed E-state index contributed by atoms with van der Waals surface area (Å²) in [6.07, 6.45) is 0.588. The first kappa shape index (κ1) is 10.0. The molecule has 0 aromatic carbocycles. The molecule has 1 unspecified atom stereocenters. The number of aldehydes is 1. The molecule has 5 heteroatoms. The second-order valence-electron chi connectivity index (χ2n) is 1.38. The molecule has 10 heavy (non-hydrogen) atoms. The van der Waals surface area contributed by atoms with E-state index in [2.05, 4.69) is 25.4 Å². The van der Waals surface area contributed by atoms with E-state index in [1.54, 1.807) is 0 Å². The highest BCUT2D eigenvalue weighted by molar-refractivity contribution is 9.09. The van der Waals surface area contributed by atoms with E-state index in [1.807, 2.05) is 0 Å². The Kier molecular flexibility index (Phi) is 5.81. The lowest BCUT2D eigenvalue weighted by Gasteiger charge is -2.14. The predicted octanol–water partition coefficient (Wildman–Crippen LogP) is 0.499. The van der Waals surface area contributed by atoms with Crippen molar-refractivity contribution in [2.45, 2.75) is 11.5 Å². The van der Waals surface area contributed by atoms with Crippen LogP contribution in [-0.4, -0.2) is 32.0 Å². The average Bonchev–Trinajstić information content (AvgIpc) is 1.99. The molecule has 0 fully saturated rings. The van der Waals surface area contributed by atoms with Crippen molar-refractivity contribution in [1.29, 1.82) is 0 Å². The van der Waals surface area contributed by atoms with Crippen LogP contribution < -0.4 is 0 Å². The Hall–Kier alpha value is 0.0300. The fourth-order valence-corrected chi connectivity index (χ4v) is 0.522. The zero-order valence-electron chi connectivity index (χ0n) is 5.74. The molecule has 0 aliphatic rings. The summed E-state index contributed by atoms with van der Waals surface area (Å²) in [6.45, 7) is -0.797.